The van der Waals surface area contributed by atoms with Crippen LogP contribution in [-0.2, 0) is 16.1 Å². The lowest BCUT2D eigenvalue weighted by Crippen LogP contribution is -2.56. The number of carbonyl (C=O) groups is 2. The first-order chi connectivity index (χ1) is 16.1. The van der Waals surface area contributed by atoms with E-state index in [4.69, 9.17) is 9.84 Å². The summed E-state index contributed by atoms with van der Waals surface area (Å²) in [4.78, 5) is 24.6. The van der Waals surface area contributed by atoms with Crippen LogP contribution in [0.4, 0.5) is 0 Å². The van der Waals surface area contributed by atoms with E-state index in [1.54, 1.807) is 7.11 Å². The van der Waals surface area contributed by atoms with Gasteiger partial charge >= 0.3 is 5.97 Å². The molecule has 0 bridgehead atoms. The van der Waals surface area contributed by atoms with Gasteiger partial charge in [0, 0.05) is 19.2 Å². The van der Waals surface area contributed by atoms with Crippen LogP contribution in [0.15, 0.2) is 12.4 Å². The van der Waals surface area contributed by atoms with Gasteiger partial charge in [-0.2, -0.15) is 5.10 Å². The zero-order valence-corrected chi connectivity index (χ0v) is 20.8. The lowest BCUT2D eigenvalue weighted by atomic mass is 9.44. The number of hydrogen-bond donors (Lipinski definition) is 2. The second kappa shape index (κ2) is 8.44. The molecule has 7 nitrogen and oxygen atoms in total. The number of ketones is 1. The van der Waals surface area contributed by atoms with E-state index in [2.05, 4.69) is 18.9 Å². The molecule has 4 aliphatic carbocycles. The van der Waals surface area contributed by atoms with E-state index >= 15 is 0 Å². The summed E-state index contributed by atoms with van der Waals surface area (Å²) in [6.07, 6.45) is 12.2. The first-order valence-corrected chi connectivity index (χ1v) is 13.1. The molecule has 188 valence electrons. The summed E-state index contributed by atoms with van der Waals surface area (Å²) in [7, 11) is 1.68. The summed E-state index contributed by atoms with van der Waals surface area (Å²) in [6, 6.07) is 0. The highest BCUT2D eigenvalue weighted by molar-refractivity contribution is 5.87. The maximum absolute atomic E-state index is 13.4. The summed E-state index contributed by atoms with van der Waals surface area (Å²) in [5.74, 6) is 1.67. The summed E-state index contributed by atoms with van der Waals surface area (Å²) >= 11 is 0. The van der Waals surface area contributed by atoms with Crippen molar-refractivity contribution in [1.82, 2.24) is 9.78 Å². The van der Waals surface area contributed by atoms with Crippen LogP contribution in [0.5, 0.6) is 0 Å². The van der Waals surface area contributed by atoms with Crippen LogP contribution in [0.3, 0.4) is 0 Å². The first-order valence-electron chi connectivity index (χ1n) is 13.1. The molecule has 1 heterocycles. The summed E-state index contributed by atoms with van der Waals surface area (Å²) in [5.41, 5.74) is -0.254. The zero-order valence-electron chi connectivity index (χ0n) is 20.8. The standard InChI is InChI=1S/C27H40N2O5/c1-25-10-11-27(33,16-34-3)12-18(25)4-5-19-20-6-7-22(26(20,2)9-8-21(19)25)23(30)15-29-14-17(13-28-29)24(31)32/h13-14,18-22,33H,4-12,15-16H2,1-3H3,(H,31,32)/t18-,19-,20-,21-,22+,25-,26-,27+/m0/s1. The molecule has 1 aromatic heterocycles. The smallest absolute Gasteiger partial charge is 0.338 e. The van der Waals surface area contributed by atoms with Crippen LogP contribution in [0.25, 0.3) is 0 Å². The Bertz CT molecular complexity index is 961. The molecule has 0 saturated heterocycles. The summed E-state index contributed by atoms with van der Waals surface area (Å²) in [6.45, 7) is 5.43. The van der Waals surface area contributed by atoms with E-state index in [0.29, 0.717) is 30.3 Å². The van der Waals surface area contributed by atoms with E-state index in [0.717, 1.165) is 38.5 Å². The van der Waals surface area contributed by atoms with E-state index in [1.165, 1.54) is 36.3 Å². The van der Waals surface area contributed by atoms with Crippen molar-refractivity contribution in [3.63, 3.8) is 0 Å². The van der Waals surface area contributed by atoms with Gasteiger partial charge in [-0.3, -0.25) is 9.48 Å². The van der Waals surface area contributed by atoms with E-state index in [9.17, 15) is 14.7 Å². The van der Waals surface area contributed by atoms with Crippen LogP contribution in [0, 0.1) is 40.4 Å². The maximum atomic E-state index is 13.4. The second-order valence-corrected chi connectivity index (χ2v) is 12.4. The Morgan fingerprint density at radius 1 is 1.09 bits per heavy atom. The second-order valence-electron chi connectivity index (χ2n) is 12.4. The summed E-state index contributed by atoms with van der Waals surface area (Å²) < 4.78 is 6.84. The van der Waals surface area contributed by atoms with E-state index in [1.807, 2.05) is 0 Å². The third-order valence-electron chi connectivity index (χ3n) is 10.8. The van der Waals surface area contributed by atoms with Crippen LogP contribution in [-0.4, -0.2) is 51.1 Å². The Labute approximate surface area is 202 Å². The molecule has 2 N–H and O–H groups in total. The number of carboxylic acid groups (broad SMARTS) is 1. The number of aromatic nitrogens is 2. The topological polar surface area (TPSA) is 102 Å². The summed E-state index contributed by atoms with van der Waals surface area (Å²) in [5, 5.41) is 24.3. The molecule has 4 aliphatic rings. The van der Waals surface area contributed by atoms with Crippen molar-refractivity contribution in [2.75, 3.05) is 13.7 Å². The van der Waals surface area contributed by atoms with Crippen molar-refractivity contribution in [3.05, 3.63) is 18.0 Å². The normalized spacial score (nSPS) is 43.6. The van der Waals surface area contributed by atoms with E-state index < -0.39 is 11.6 Å². The van der Waals surface area contributed by atoms with Crippen molar-refractivity contribution in [2.45, 2.75) is 83.8 Å². The van der Waals surface area contributed by atoms with Gasteiger partial charge < -0.3 is 14.9 Å². The predicted molar refractivity (Wildman–Crippen MR) is 126 cm³/mol. The van der Waals surface area contributed by atoms with Gasteiger partial charge in [-0.05, 0) is 92.3 Å². The molecular formula is C27H40N2O5. The van der Waals surface area contributed by atoms with Crippen molar-refractivity contribution >= 4 is 11.8 Å². The molecular weight excluding hydrogens is 432 g/mol. The van der Waals surface area contributed by atoms with Gasteiger partial charge in [0.15, 0.2) is 5.78 Å². The highest BCUT2D eigenvalue weighted by Gasteiger charge is 2.62. The molecule has 0 aromatic carbocycles. The molecule has 5 rings (SSSR count). The van der Waals surface area contributed by atoms with Gasteiger partial charge in [-0.1, -0.05) is 13.8 Å². The van der Waals surface area contributed by atoms with Gasteiger partial charge in [0.2, 0.25) is 0 Å². The number of nitrogens with zero attached hydrogens (tertiary/aromatic N) is 2. The van der Waals surface area contributed by atoms with Crippen LogP contribution in [0.1, 0.15) is 82.0 Å². The van der Waals surface area contributed by atoms with Gasteiger partial charge in [-0.25, -0.2) is 4.79 Å². The molecule has 0 unspecified atom stereocenters. The first kappa shape index (κ1) is 24.0. The Morgan fingerprint density at radius 2 is 1.85 bits per heavy atom. The van der Waals surface area contributed by atoms with Gasteiger partial charge in [0.05, 0.1) is 30.5 Å². The van der Waals surface area contributed by atoms with Crippen LogP contribution in [0.2, 0.25) is 0 Å². The van der Waals surface area contributed by atoms with Crippen molar-refractivity contribution < 1.29 is 24.5 Å². The molecule has 1 aromatic rings. The average molecular weight is 473 g/mol. The minimum absolute atomic E-state index is 0.0235. The monoisotopic (exact) mass is 472 g/mol. The predicted octanol–water partition coefficient (Wildman–Crippen LogP) is 4.19. The van der Waals surface area contributed by atoms with Gasteiger partial charge in [0.25, 0.3) is 0 Å². The number of ether oxygens (including phenoxy) is 1. The fourth-order valence-electron chi connectivity index (χ4n) is 9.08. The van der Waals surface area contributed by atoms with Crippen LogP contribution >= 0.6 is 0 Å². The maximum Gasteiger partial charge on any atom is 0.338 e. The Balaban J connectivity index is 1.30. The minimum atomic E-state index is -1.02. The van der Waals surface area contributed by atoms with Gasteiger partial charge in [0.1, 0.15) is 0 Å². The molecule has 0 aliphatic heterocycles. The Hall–Kier alpha value is -1.73. The number of aliphatic hydroxyl groups is 1. The quantitative estimate of drug-likeness (QED) is 0.644. The van der Waals surface area contributed by atoms with Gasteiger partial charge in [-0.15, -0.1) is 0 Å². The Morgan fingerprint density at radius 3 is 2.56 bits per heavy atom. The minimum Gasteiger partial charge on any atom is -0.478 e. The van der Waals surface area contributed by atoms with Crippen molar-refractivity contribution in [3.8, 4) is 0 Å². The SMILES string of the molecule is COC[C@@]1(O)CC[C@@]2(C)[C@@H](CC[C@@H]3[C@@H]2CC[C@]2(C)[C@@H](C(=O)Cn4cc(C(=O)O)cn4)CC[C@@H]32)C1. The number of aromatic carboxylic acids is 1. The lowest BCUT2D eigenvalue weighted by Gasteiger charge is -2.62. The fourth-order valence-corrected chi connectivity index (χ4v) is 9.08. The zero-order chi connectivity index (χ0) is 24.3. The number of carboxylic acids is 1. The number of fused-ring (bicyclic) bond motifs is 5. The average Bonchev–Trinajstić information content (AvgIpc) is 3.38. The highest BCUT2D eigenvalue weighted by Crippen LogP contribution is 2.68. The van der Waals surface area contributed by atoms with Crippen LogP contribution < -0.4 is 0 Å². The largest absolute Gasteiger partial charge is 0.478 e. The van der Waals surface area contributed by atoms with Crippen molar-refractivity contribution in [1.29, 1.82) is 0 Å². The number of carbonyl (C=O) groups excluding carboxylic acids is 1. The number of rotatable bonds is 6. The molecule has 0 spiro atoms. The fraction of sp³-hybridized carbons (Fsp3) is 0.815. The molecule has 8 atom stereocenters. The number of methoxy groups -OCH3 is 1. The molecule has 4 saturated carbocycles. The molecule has 7 heteroatoms. The third kappa shape index (κ3) is 3.74. The lowest BCUT2D eigenvalue weighted by molar-refractivity contribution is -0.164. The third-order valence-corrected chi connectivity index (χ3v) is 10.8. The van der Waals surface area contributed by atoms with E-state index in [-0.39, 0.29) is 34.6 Å². The highest BCUT2D eigenvalue weighted by atomic mass is 16.5. The Kier molecular flexibility index (Phi) is 5.95. The molecule has 34 heavy (non-hydrogen) atoms. The van der Waals surface area contributed by atoms with Crippen molar-refractivity contribution in [2.24, 2.45) is 40.4 Å². The number of Topliss-reactive ketones (excluding diaryl/α,β-unsaturated/α-hetero) is 1. The molecule has 0 amide bonds. The molecule has 4 fully saturated rings. The molecule has 0 radical (unpaired) electrons. The number of hydrogen-bond acceptors (Lipinski definition) is 5.